The third-order valence-electron chi connectivity index (χ3n) is 6.82. The molecular weight excluding hydrogens is 465 g/mol. The van der Waals surface area contributed by atoms with Crippen LogP contribution in [0.1, 0.15) is 52.8 Å². The van der Waals surface area contributed by atoms with E-state index >= 15 is 0 Å². The molecule has 3 aliphatic rings. The Bertz CT molecular complexity index is 1120. The average Bonchev–Trinajstić information content (AvgIpc) is 3.07. The molecule has 1 aliphatic carbocycles. The number of halogens is 2. The van der Waals surface area contributed by atoms with E-state index in [0.717, 1.165) is 5.56 Å². The van der Waals surface area contributed by atoms with Gasteiger partial charge in [0.25, 0.3) is 5.91 Å². The standard InChI is InChI=1S/C22H25Cl2N7O2/c23-13-5-1-3-11(15(13)24)14-16(19(27)32)29-21(30-18(14)26)31-9-6-22(7-10-31)17(25)12-4-2-8-28-20(12)33-22/h1-4,8,11,13,15,17H,5-7,9-10,25H2,(H2,27,32)(H2,26,29,30)/t11?,13-,15+,17+/m0/s1. The van der Waals surface area contributed by atoms with Gasteiger partial charge in [0.05, 0.1) is 16.8 Å². The van der Waals surface area contributed by atoms with Crippen LogP contribution >= 0.6 is 23.2 Å². The molecular formula is C22H25Cl2N7O2. The molecule has 1 amide bonds. The number of fused-ring (bicyclic) bond motifs is 1. The second-order valence-corrected chi connectivity index (χ2v) is 9.78. The van der Waals surface area contributed by atoms with E-state index < -0.39 is 22.8 Å². The van der Waals surface area contributed by atoms with Crippen molar-refractivity contribution in [1.29, 1.82) is 0 Å². The first-order valence-corrected chi connectivity index (χ1v) is 11.7. The fourth-order valence-corrected chi connectivity index (χ4v) is 5.54. The van der Waals surface area contributed by atoms with Crippen molar-refractivity contribution >= 4 is 40.9 Å². The lowest BCUT2D eigenvalue weighted by atomic mass is 9.83. The molecule has 0 bridgehead atoms. The molecule has 1 spiro atoms. The number of allylic oxidation sites excluding steroid dienone is 2. The minimum absolute atomic E-state index is 0.0641. The number of nitrogens with zero attached hydrogens (tertiary/aromatic N) is 4. The number of anilines is 2. The number of carbonyl (C=O) groups excluding carboxylic acids is 1. The molecule has 1 fully saturated rings. The van der Waals surface area contributed by atoms with E-state index in [1.54, 1.807) is 6.20 Å². The fourth-order valence-electron chi connectivity index (χ4n) is 4.97. The molecule has 6 N–H and O–H groups in total. The van der Waals surface area contributed by atoms with Crippen LogP contribution in [0.4, 0.5) is 11.8 Å². The smallest absolute Gasteiger partial charge is 0.267 e. The number of nitrogens with two attached hydrogens (primary N) is 3. The summed E-state index contributed by atoms with van der Waals surface area (Å²) in [6, 6.07) is 3.55. The van der Waals surface area contributed by atoms with Gasteiger partial charge in [0.1, 0.15) is 17.1 Å². The van der Waals surface area contributed by atoms with E-state index in [2.05, 4.69) is 15.0 Å². The molecule has 0 aromatic carbocycles. The van der Waals surface area contributed by atoms with Crippen molar-refractivity contribution in [2.45, 2.75) is 47.6 Å². The molecule has 2 aliphatic heterocycles. The van der Waals surface area contributed by atoms with Crippen molar-refractivity contribution in [2.24, 2.45) is 11.5 Å². The maximum atomic E-state index is 12.3. The first-order valence-electron chi connectivity index (χ1n) is 10.9. The summed E-state index contributed by atoms with van der Waals surface area (Å²) < 4.78 is 6.20. The molecule has 1 unspecified atom stereocenters. The van der Waals surface area contributed by atoms with Crippen molar-refractivity contribution in [3.05, 3.63) is 47.3 Å². The Morgan fingerprint density at radius 2 is 2.00 bits per heavy atom. The number of piperidine rings is 1. The number of rotatable bonds is 3. The van der Waals surface area contributed by atoms with Crippen LogP contribution in [0, 0.1) is 0 Å². The molecule has 4 atom stereocenters. The van der Waals surface area contributed by atoms with Gasteiger partial charge in [-0.1, -0.05) is 18.2 Å². The summed E-state index contributed by atoms with van der Waals surface area (Å²) in [6.45, 7) is 1.15. The van der Waals surface area contributed by atoms with E-state index in [1.807, 2.05) is 29.2 Å². The van der Waals surface area contributed by atoms with Gasteiger partial charge in [0, 0.05) is 49.2 Å². The summed E-state index contributed by atoms with van der Waals surface area (Å²) in [5.41, 5.74) is 19.4. The molecule has 9 nitrogen and oxygen atoms in total. The van der Waals surface area contributed by atoms with Crippen LogP contribution < -0.4 is 26.8 Å². The number of nitrogen functional groups attached to an aromatic ring is 1. The lowest BCUT2D eigenvalue weighted by Crippen LogP contribution is -2.52. The number of aromatic nitrogens is 3. The van der Waals surface area contributed by atoms with Crippen molar-refractivity contribution in [1.82, 2.24) is 15.0 Å². The van der Waals surface area contributed by atoms with E-state index in [1.165, 1.54) is 0 Å². The van der Waals surface area contributed by atoms with Crippen molar-refractivity contribution in [3.63, 3.8) is 0 Å². The largest absolute Gasteiger partial charge is 0.469 e. The third kappa shape index (κ3) is 3.68. The summed E-state index contributed by atoms with van der Waals surface area (Å²) in [7, 11) is 0. The van der Waals surface area contributed by atoms with Crippen LogP contribution in [0.25, 0.3) is 0 Å². The maximum absolute atomic E-state index is 12.3. The second kappa shape index (κ2) is 8.30. The average molecular weight is 490 g/mol. The molecule has 11 heteroatoms. The molecule has 174 valence electrons. The molecule has 33 heavy (non-hydrogen) atoms. The van der Waals surface area contributed by atoms with Gasteiger partial charge in [-0.15, -0.1) is 23.2 Å². The van der Waals surface area contributed by atoms with Gasteiger partial charge in [-0.3, -0.25) is 4.79 Å². The molecule has 5 rings (SSSR count). The quantitative estimate of drug-likeness (QED) is 0.439. The first kappa shape index (κ1) is 22.2. The molecule has 0 radical (unpaired) electrons. The van der Waals surface area contributed by atoms with Gasteiger partial charge >= 0.3 is 0 Å². The topological polar surface area (TPSA) is 146 Å². The number of carbonyl (C=O) groups is 1. The van der Waals surface area contributed by atoms with Gasteiger partial charge in [0.15, 0.2) is 0 Å². The van der Waals surface area contributed by atoms with E-state index in [-0.39, 0.29) is 22.9 Å². The third-order valence-corrected chi connectivity index (χ3v) is 7.97. The van der Waals surface area contributed by atoms with E-state index in [9.17, 15) is 4.79 Å². The van der Waals surface area contributed by atoms with Crippen molar-refractivity contribution in [3.8, 4) is 5.88 Å². The Balaban J connectivity index is 1.41. The van der Waals surface area contributed by atoms with Crippen LogP contribution in [-0.2, 0) is 0 Å². The summed E-state index contributed by atoms with van der Waals surface area (Å²) in [5, 5.41) is -0.758. The minimum atomic E-state index is -0.689. The summed E-state index contributed by atoms with van der Waals surface area (Å²) in [5.74, 6) is 0.0135. The van der Waals surface area contributed by atoms with Crippen LogP contribution in [0.2, 0.25) is 0 Å². The number of primary amides is 1. The number of amides is 1. The van der Waals surface area contributed by atoms with Gasteiger partial charge < -0.3 is 26.8 Å². The zero-order valence-electron chi connectivity index (χ0n) is 17.8. The lowest BCUT2D eigenvalue weighted by molar-refractivity contribution is 0.0396. The highest BCUT2D eigenvalue weighted by Gasteiger charge is 2.49. The first-order chi connectivity index (χ1) is 15.8. The Hall–Kier alpha value is -2.62. The van der Waals surface area contributed by atoms with Crippen molar-refractivity contribution < 1.29 is 9.53 Å². The van der Waals surface area contributed by atoms with Gasteiger partial charge in [-0.05, 0) is 12.5 Å². The Morgan fingerprint density at radius 3 is 2.70 bits per heavy atom. The number of pyridine rings is 1. The zero-order chi connectivity index (χ0) is 23.3. The van der Waals surface area contributed by atoms with Crippen LogP contribution in [0.5, 0.6) is 5.88 Å². The number of hydrogen-bond acceptors (Lipinski definition) is 8. The van der Waals surface area contributed by atoms with Crippen LogP contribution in [0.15, 0.2) is 30.5 Å². The molecule has 2 aromatic heterocycles. The van der Waals surface area contributed by atoms with Gasteiger partial charge in [-0.25, -0.2) is 9.97 Å². The van der Waals surface area contributed by atoms with Crippen LogP contribution in [-0.4, -0.2) is 50.3 Å². The predicted octanol–water partition coefficient (Wildman–Crippen LogP) is 2.24. The van der Waals surface area contributed by atoms with Gasteiger partial charge in [0.2, 0.25) is 11.8 Å². The number of alkyl halides is 2. The molecule has 0 saturated carbocycles. The summed E-state index contributed by atoms with van der Waals surface area (Å²) in [6.07, 6.45) is 7.42. The number of ether oxygens (including phenoxy) is 1. The molecule has 1 saturated heterocycles. The Labute approximate surface area is 201 Å². The maximum Gasteiger partial charge on any atom is 0.267 e. The highest BCUT2D eigenvalue weighted by Crippen LogP contribution is 2.46. The highest BCUT2D eigenvalue weighted by atomic mass is 35.5. The fraction of sp³-hybridized carbons (Fsp3) is 0.455. The molecule has 2 aromatic rings. The Morgan fingerprint density at radius 1 is 1.24 bits per heavy atom. The minimum Gasteiger partial charge on any atom is -0.469 e. The second-order valence-electron chi connectivity index (χ2n) is 8.71. The Kier molecular flexibility index (Phi) is 5.58. The predicted molar refractivity (Wildman–Crippen MR) is 127 cm³/mol. The zero-order valence-corrected chi connectivity index (χ0v) is 19.3. The van der Waals surface area contributed by atoms with Crippen LogP contribution in [0.3, 0.4) is 0 Å². The monoisotopic (exact) mass is 489 g/mol. The van der Waals surface area contributed by atoms with Crippen molar-refractivity contribution in [2.75, 3.05) is 23.7 Å². The summed E-state index contributed by atoms with van der Waals surface area (Å²) >= 11 is 12.9. The van der Waals surface area contributed by atoms with E-state index in [4.69, 9.17) is 45.1 Å². The SMILES string of the molecule is NC(=O)c1nc(N2CCC3(CC2)Oc2ncccc2[C@H]3N)nc(N)c1C1C=CC[C@H](Cl)[C@@H]1Cl. The van der Waals surface area contributed by atoms with Gasteiger partial charge in [-0.2, -0.15) is 4.98 Å². The summed E-state index contributed by atoms with van der Waals surface area (Å²) in [4.78, 5) is 27.6. The highest BCUT2D eigenvalue weighted by molar-refractivity contribution is 6.30. The van der Waals surface area contributed by atoms with E-state index in [0.29, 0.717) is 49.7 Å². The lowest BCUT2D eigenvalue weighted by Gasteiger charge is -2.41. The number of hydrogen-bond donors (Lipinski definition) is 3. The molecule has 4 heterocycles. The normalized spacial score (nSPS) is 27.9.